The van der Waals surface area contributed by atoms with Crippen LogP contribution in [0, 0.1) is 11.6 Å². The molecule has 0 fully saturated rings. The fourth-order valence-electron chi connectivity index (χ4n) is 1.87. The Kier molecular flexibility index (Phi) is 3.43. The molecule has 0 saturated carbocycles. The third-order valence-corrected chi connectivity index (χ3v) is 2.77. The third-order valence-electron chi connectivity index (χ3n) is 2.77. The molecule has 2 rings (SSSR count). The predicted octanol–water partition coefficient (Wildman–Crippen LogP) is 2.89. The minimum absolute atomic E-state index is 0.0412. The molecule has 1 unspecified atom stereocenters. The number of furan rings is 1. The summed E-state index contributed by atoms with van der Waals surface area (Å²) in [5.74, 6) is -1.80. The third kappa shape index (κ3) is 2.13. The van der Waals surface area contributed by atoms with Crippen molar-refractivity contribution >= 4 is 16.8 Å². The first-order chi connectivity index (χ1) is 8.54. The van der Waals surface area contributed by atoms with E-state index in [0.29, 0.717) is 6.54 Å². The number of ketones is 1. The first-order valence-electron chi connectivity index (χ1n) is 5.68. The van der Waals surface area contributed by atoms with E-state index in [0.717, 1.165) is 12.3 Å². The molecule has 0 aliphatic heterocycles. The van der Waals surface area contributed by atoms with Crippen LogP contribution in [0.5, 0.6) is 0 Å². The zero-order valence-corrected chi connectivity index (χ0v) is 10.1. The van der Waals surface area contributed by atoms with Crippen molar-refractivity contribution in [3.05, 3.63) is 35.6 Å². The number of likely N-dealkylation sites (N-methyl/N-ethyl adjacent to an activating group) is 1. The molecule has 96 valence electrons. The molecule has 0 saturated heterocycles. The van der Waals surface area contributed by atoms with Crippen LogP contribution in [-0.2, 0) is 0 Å². The number of Topliss-reactive ketones (excluding diaryl/α,β-unsaturated/α-hetero) is 1. The van der Waals surface area contributed by atoms with Crippen LogP contribution in [0.15, 0.2) is 22.8 Å². The number of nitrogens with one attached hydrogen (secondary N) is 1. The van der Waals surface area contributed by atoms with Crippen molar-refractivity contribution in [3.8, 4) is 0 Å². The Morgan fingerprint density at radius 1 is 1.39 bits per heavy atom. The molecule has 0 aliphatic rings. The van der Waals surface area contributed by atoms with Crippen molar-refractivity contribution in [1.29, 1.82) is 0 Å². The normalized spacial score (nSPS) is 12.9. The molecule has 3 nitrogen and oxygen atoms in total. The number of carbonyl (C=O) groups is 1. The van der Waals surface area contributed by atoms with Crippen LogP contribution in [0.2, 0.25) is 0 Å². The second kappa shape index (κ2) is 4.86. The molecule has 18 heavy (non-hydrogen) atoms. The van der Waals surface area contributed by atoms with Gasteiger partial charge < -0.3 is 9.73 Å². The van der Waals surface area contributed by atoms with Crippen molar-refractivity contribution in [2.45, 2.75) is 19.9 Å². The average molecular weight is 253 g/mol. The van der Waals surface area contributed by atoms with E-state index in [9.17, 15) is 13.6 Å². The van der Waals surface area contributed by atoms with Crippen LogP contribution in [0.4, 0.5) is 8.78 Å². The predicted molar refractivity (Wildman–Crippen MR) is 63.6 cm³/mol. The maximum atomic E-state index is 13.7. The van der Waals surface area contributed by atoms with Crippen LogP contribution >= 0.6 is 0 Å². The quantitative estimate of drug-likeness (QED) is 0.852. The second-order valence-corrected chi connectivity index (χ2v) is 4.06. The lowest BCUT2D eigenvalue weighted by molar-refractivity contribution is 0.0951. The number of hydrogen-bond donors (Lipinski definition) is 1. The van der Waals surface area contributed by atoms with E-state index in [4.69, 9.17) is 4.42 Å². The number of rotatable bonds is 4. The van der Waals surface area contributed by atoms with Crippen molar-refractivity contribution in [2.75, 3.05) is 6.54 Å². The molecule has 0 radical (unpaired) electrons. The molecule has 0 amide bonds. The van der Waals surface area contributed by atoms with Gasteiger partial charge in [0.1, 0.15) is 17.7 Å². The zero-order chi connectivity index (χ0) is 13.3. The molecule has 1 aromatic carbocycles. The molecular weight excluding hydrogens is 240 g/mol. The summed E-state index contributed by atoms with van der Waals surface area (Å²) in [5.41, 5.74) is 0.211. The van der Waals surface area contributed by atoms with Crippen LogP contribution in [0.1, 0.15) is 24.2 Å². The molecule has 0 bridgehead atoms. The number of halogens is 2. The summed E-state index contributed by atoms with van der Waals surface area (Å²) in [7, 11) is 0. The van der Waals surface area contributed by atoms with Gasteiger partial charge in [-0.1, -0.05) is 6.92 Å². The van der Waals surface area contributed by atoms with E-state index < -0.39 is 17.7 Å². The van der Waals surface area contributed by atoms with E-state index >= 15 is 0 Å². The first-order valence-corrected chi connectivity index (χ1v) is 5.68. The van der Waals surface area contributed by atoms with E-state index in [1.54, 1.807) is 6.92 Å². The molecule has 2 aromatic rings. The lowest BCUT2D eigenvalue weighted by Crippen LogP contribution is -2.33. The number of fused-ring (bicyclic) bond motifs is 1. The molecule has 1 heterocycles. The number of carbonyl (C=O) groups excluding carboxylic acids is 1. The smallest absolute Gasteiger partial charge is 0.179 e. The SMILES string of the molecule is CCNC(C)C(=O)c1cc(F)c2c(F)coc2c1. The van der Waals surface area contributed by atoms with Gasteiger partial charge in [-0.3, -0.25) is 4.79 Å². The van der Waals surface area contributed by atoms with Crippen LogP contribution < -0.4 is 5.32 Å². The molecule has 0 spiro atoms. The largest absolute Gasteiger partial charge is 0.461 e. The molecule has 5 heteroatoms. The summed E-state index contributed by atoms with van der Waals surface area (Å²) in [6.45, 7) is 4.19. The fraction of sp³-hybridized carbons (Fsp3) is 0.308. The molecular formula is C13H13F2NO2. The van der Waals surface area contributed by atoms with E-state index in [2.05, 4.69) is 5.32 Å². The Bertz CT molecular complexity index is 592. The van der Waals surface area contributed by atoms with Gasteiger partial charge in [0.05, 0.1) is 11.4 Å². The van der Waals surface area contributed by atoms with Crippen molar-refractivity contribution in [3.63, 3.8) is 0 Å². The van der Waals surface area contributed by atoms with Gasteiger partial charge in [-0.15, -0.1) is 0 Å². The van der Waals surface area contributed by atoms with Crippen LogP contribution in [0.25, 0.3) is 11.0 Å². The van der Waals surface area contributed by atoms with Gasteiger partial charge in [0, 0.05) is 5.56 Å². The minimum atomic E-state index is -0.786. The summed E-state index contributed by atoms with van der Waals surface area (Å²) < 4.78 is 31.7. The van der Waals surface area contributed by atoms with Crippen LogP contribution in [0.3, 0.4) is 0 Å². The Morgan fingerprint density at radius 3 is 2.78 bits per heavy atom. The zero-order valence-electron chi connectivity index (χ0n) is 10.1. The van der Waals surface area contributed by atoms with Crippen molar-refractivity contribution < 1.29 is 18.0 Å². The van der Waals surface area contributed by atoms with Crippen molar-refractivity contribution in [2.24, 2.45) is 0 Å². The summed E-state index contributed by atoms with van der Waals surface area (Å²) in [6.07, 6.45) is 0.829. The Hall–Kier alpha value is -1.75. The summed E-state index contributed by atoms with van der Waals surface area (Å²) in [4.78, 5) is 12.0. The highest BCUT2D eigenvalue weighted by Crippen LogP contribution is 2.25. The Labute approximate surface area is 103 Å². The molecule has 1 N–H and O–H groups in total. The van der Waals surface area contributed by atoms with E-state index in [-0.39, 0.29) is 22.3 Å². The number of hydrogen-bond acceptors (Lipinski definition) is 3. The van der Waals surface area contributed by atoms with Crippen LogP contribution in [-0.4, -0.2) is 18.4 Å². The summed E-state index contributed by atoms with van der Waals surface area (Å²) >= 11 is 0. The minimum Gasteiger partial charge on any atom is -0.461 e. The standard InChI is InChI=1S/C13H13F2NO2/c1-3-16-7(2)13(17)8-4-9(14)12-10(15)6-18-11(12)5-8/h4-7,16H,3H2,1-2H3. The van der Waals surface area contributed by atoms with Gasteiger partial charge >= 0.3 is 0 Å². The molecule has 0 aliphatic carbocycles. The Morgan fingerprint density at radius 2 is 2.11 bits per heavy atom. The molecule has 1 atom stereocenters. The number of benzene rings is 1. The average Bonchev–Trinajstić information content (AvgIpc) is 2.70. The highest BCUT2D eigenvalue weighted by molar-refractivity contribution is 6.02. The monoisotopic (exact) mass is 253 g/mol. The van der Waals surface area contributed by atoms with E-state index in [1.807, 2.05) is 6.92 Å². The summed E-state index contributed by atoms with van der Waals surface area (Å²) in [6, 6.07) is 1.97. The van der Waals surface area contributed by atoms with Gasteiger partial charge in [0.2, 0.25) is 0 Å². The fourth-order valence-corrected chi connectivity index (χ4v) is 1.87. The van der Waals surface area contributed by atoms with Crippen molar-refractivity contribution in [1.82, 2.24) is 5.32 Å². The van der Waals surface area contributed by atoms with Gasteiger partial charge in [-0.25, -0.2) is 8.78 Å². The first kappa shape index (κ1) is 12.7. The van der Waals surface area contributed by atoms with Gasteiger partial charge in [-0.05, 0) is 25.6 Å². The molecule has 1 aromatic heterocycles. The summed E-state index contributed by atoms with van der Waals surface area (Å²) in [5, 5.41) is 2.72. The van der Waals surface area contributed by atoms with Gasteiger partial charge in [0.15, 0.2) is 11.6 Å². The van der Waals surface area contributed by atoms with Gasteiger partial charge in [0.25, 0.3) is 0 Å². The lowest BCUT2D eigenvalue weighted by atomic mass is 10.0. The highest BCUT2D eigenvalue weighted by atomic mass is 19.1. The Balaban J connectivity index is 2.44. The maximum Gasteiger partial charge on any atom is 0.179 e. The lowest BCUT2D eigenvalue weighted by Gasteiger charge is -2.11. The maximum absolute atomic E-state index is 13.7. The highest BCUT2D eigenvalue weighted by Gasteiger charge is 2.19. The second-order valence-electron chi connectivity index (χ2n) is 4.06. The topological polar surface area (TPSA) is 42.2 Å². The van der Waals surface area contributed by atoms with Gasteiger partial charge in [-0.2, -0.15) is 0 Å². The van der Waals surface area contributed by atoms with E-state index in [1.165, 1.54) is 6.07 Å².